The van der Waals surface area contributed by atoms with Gasteiger partial charge < -0.3 is 11.1 Å². The third-order valence-electron chi connectivity index (χ3n) is 3.31. The molecule has 0 saturated heterocycles. The fourth-order valence-electron chi connectivity index (χ4n) is 2.50. The van der Waals surface area contributed by atoms with Gasteiger partial charge in [-0.2, -0.15) is 9.61 Å². The fraction of sp³-hybridized carbons (Fsp3) is 0.500. The highest BCUT2D eigenvalue weighted by Gasteiger charge is 2.22. The van der Waals surface area contributed by atoms with Crippen LogP contribution in [0.2, 0.25) is 0 Å². The molecule has 0 bridgehead atoms. The summed E-state index contributed by atoms with van der Waals surface area (Å²) in [7, 11) is 0. The minimum Gasteiger partial charge on any atom is -0.367 e. The lowest BCUT2D eigenvalue weighted by Gasteiger charge is -2.15. The zero-order valence-corrected chi connectivity index (χ0v) is 9.93. The first-order valence-corrected chi connectivity index (χ1v) is 6.06. The van der Waals surface area contributed by atoms with E-state index in [1.807, 2.05) is 23.6 Å². The van der Waals surface area contributed by atoms with Crippen LogP contribution in [0.4, 0.5) is 5.82 Å². The average Bonchev–Trinajstić information content (AvgIpc) is 2.87. The number of fused-ring (bicyclic) bond motifs is 1. The molecule has 3 N–H and O–H groups in total. The van der Waals surface area contributed by atoms with Crippen molar-refractivity contribution in [1.82, 2.24) is 14.6 Å². The van der Waals surface area contributed by atoms with E-state index in [9.17, 15) is 0 Å². The zero-order valence-electron chi connectivity index (χ0n) is 9.93. The summed E-state index contributed by atoms with van der Waals surface area (Å²) in [5.41, 5.74) is 7.81. The predicted octanol–water partition coefficient (Wildman–Crippen LogP) is 1.33. The van der Waals surface area contributed by atoms with E-state index in [-0.39, 0.29) is 0 Å². The summed E-state index contributed by atoms with van der Waals surface area (Å²) in [6, 6.07) is 4.74. The van der Waals surface area contributed by atoms with Crippen molar-refractivity contribution in [2.24, 2.45) is 5.73 Å². The summed E-state index contributed by atoms with van der Waals surface area (Å²) < 4.78 is 1.84. The normalized spacial score (nSPS) is 24.4. The van der Waals surface area contributed by atoms with Crippen molar-refractivity contribution in [2.45, 2.75) is 38.3 Å². The zero-order chi connectivity index (χ0) is 11.8. The van der Waals surface area contributed by atoms with Crippen molar-refractivity contribution >= 4 is 11.5 Å². The fourth-order valence-corrected chi connectivity index (χ4v) is 2.50. The SMILES string of the molecule is Cc1cc(N[C@H]2CC[C@H](N)C2)n2nccc2n1. The van der Waals surface area contributed by atoms with Crippen LogP contribution in [0, 0.1) is 6.92 Å². The van der Waals surface area contributed by atoms with Crippen LogP contribution in [0.5, 0.6) is 0 Å². The van der Waals surface area contributed by atoms with Gasteiger partial charge in [-0.15, -0.1) is 0 Å². The molecule has 3 rings (SSSR count). The molecule has 2 heterocycles. The molecule has 1 aliphatic rings. The highest BCUT2D eigenvalue weighted by Crippen LogP contribution is 2.22. The molecule has 90 valence electrons. The monoisotopic (exact) mass is 231 g/mol. The van der Waals surface area contributed by atoms with Gasteiger partial charge in [-0.05, 0) is 26.2 Å². The van der Waals surface area contributed by atoms with Gasteiger partial charge in [0.05, 0.1) is 6.20 Å². The molecule has 5 heteroatoms. The van der Waals surface area contributed by atoms with Crippen LogP contribution < -0.4 is 11.1 Å². The van der Waals surface area contributed by atoms with Gasteiger partial charge in [-0.3, -0.25) is 0 Å². The second kappa shape index (κ2) is 4.00. The molecule has 1 fully saturated rings. The highest BCUT2D eigenvalue weighted by molar-refractivity contribution is 5.49. The molecular weight excluding hydrogens is 214 g/mol. The molecule has 0 spiro atoms. The largest absolute Gasteiger partial charge is 0.367 e. The number of anilines is 1. The Morgan fingerprint density at radius 1 is 1.47 bits per heavy atom. The number of nitrogens with one attached hydrogen (secondary N) is 1. The molecule has 0 aromatic carbocycles. The summed E-state index contributed by atoms with van der Waals surface area (Å²) in [6.07, 6.45) is 5.03. The molecule has 0 aliphatic heterocycles. The summed E-state index contributed by atoms with van der Waals surface area (Å²) >= 11 is 0. The number of aromatic nitrogens is 3. The molecule has 2 aromatic heterocycles. The van der Waals surface area contributed by atoms with Gasteiger partial charge in [0.2, 0.25) is 0 Å². The Bertz CT molecular complexity index is 533. The predicted molar refractivity (Wildman–Crippen MR) is 67.0 cm³/mol. The van der Waals surface area contributed by atoms with E-state index in [2.05, 4.69) is 15.4 Å². The van der Waals surface area contributed by atoms with E-state index in [0.29, 0.717) is 12.1 Å². The van der Waals surface area contributed by atoms with E-state index in [1.165, 1.54) is 0 Å². The van der Waals surface area contributed by atoms with Crippen LogP contribution in [0.3, 0.4) is 0 Å². The van der Waals surface area contributed by atoms with Gasteiger partial charge >= 0.3 is 0 Å². The third kappa shape index (κ3) is 1.98. The summed E-state index contributed by atoms with van der Waals surface area (Å²) in [5.74, 6) is 1.01. The lowest BCUT2D eigenvalue weighted by Crippen LogP contribution is -2.22. The van der Waals surface area contributed by atoms with Gasteiger partial charge in [0.25, 0.3) is 0 Å². The van der Waals surface area contributed by atoms with E-state index in [1.54, 1.807) is 6.20 Å². The molecule has 0 radical (unpaired) electrons. The number of hydrogen-bond donors (Lipinski definition) is 2. The first kappa shape index (κ1) is 10.5. The van der Waals surface area contributed by atoms with E-state index < -0.39 is 0 Å². The average molecular weight is 231 g/mol. The Labute approximate surface area is 100 Å². The van der Waals surface area contributed by atoms with Crippen molar-refractivity contribution in [3.63, 3.8) is 0 Å². The maximum atomic E-state index is 5.93. The topological polar surface area (TPSA) is 68.2 Å². The van der Waals surface area contributed by atoms with Crippen LogP contribution >= 0.6 is 0 Å². The Morgan fingerprint density at radius 3 is 3.12 bits per heavy atom. The maximum absolute atomic E-state index is 5.93. The molecule has 2 aromatic rings. The molecule has 1 aliphatic carbocycles. The number of rotatable bonds is 2. The standard InChI is InChI=1S/C12H17N5/c1-8-6-12(16-10-3-2-9(13)7-10)17-11(15-8)4-5-14-17/h4-6,9-10,16H,2-3,7,13H2,1H3/t9-,10-/m0/s1. The molecular formula is C12H17N5. The van der Waals surface area contributed by atoms with Gasteiger partial charge in [0, 0.05) is 29.9 Å². The minimum absolute atomic E-state index is 0.337. The lowest BCUT2D eigenvalue weighted by atomic mass is 10.2. The van der Waals surface area contributed by atoms with Crippen LogP contribution in [0.15, 0.2) is 18.3 Å². The van der Waals surface area contributed by atoms with E-state index in [4.69, 9.17) is 5.73 Å². The number of hydrogen-bond acceptors (Lipinski definition) is 4. The second-order valence-electron chi connectivity index (χ2n) is 4.80. The summed E-state index contributed by atoms with van der Waals surface area (Å²) in [4.78, 5) is 4.42. The van der Waals surface area contributed by atoms with Gasteiger partial charge in [-0.1, -0.05) is 0 Å². The van der Waals surface area contributed by atoms with Crippen molar-refractivity contribution in [3.05, 3.63) is 24.0 Å². The lowest BCUT2D eigenvalue weighted by molar-refractivity contribution is 0.684. The van der Waals surface area contributed by atoms with Crippen molar-refractivity contribution in [1.29, 1.82) is 0 Å². The number of nitrogens with two attached hydrogens (primary N) is 1. The van der Waals surface area contributed by atoms with Crippen LogP contribution in [0.1, 0.15) is 25.0 Å². The number of nitrogens with zero attached hydrogens (tertiary/aromatic N) is 3. The Hall–Kier alpha value is -1.62. The van der Waals surface area contributed by atoms with Crippen molar-refractivity contribution in [3.8, 4) is 0 Å². The summed E-state index contributed by atoms with van der Waals surface area (Å²) in [6.45, 7) is 2.00. The van der Waals surface area contributed by atoms with Crippen molar-refractivity contribution in [2.75, 3.05) is 5.32 Å². The van der Waals surface area contributed by atoms with Crippen molar-refractivity contribution < 1.29 is 0 Å². The Morgan fingerprint density at radius 2 is 2.35 bits per heavy atom. The minimum atomic E-state index is 0.337. The Kier molecular flexibility index (Phi) is 2.48. The maximum Gasteiger partial charge on any atom is 0.157 e. The summed E-state index contributed by atoms with van der Waals surface area (Å²) in [5, 5.41) is 7.80. The molecule has 17 heavy (non-hydrogen) atoms. The second-order valence-corrected chi connectivity index (χ2v) is 4.80. The van der Waals surface area contributed by atoms with Crippen LogP contribution in [0.25, 0.3) is 5.65 Å². The van der Waals surface area contributed by atoms with Gasteiger partial charge in [0.1, 0.15) is 5.82 Å². The molecule has 0 amide bonds. The van der Waals surface area contributed by atoms with Crippen LogP contribution in [-0.2, 0) is 0 Å². The molecule has 2 atom stereocenters. The number of aryl methyl sites for hydroxylation is 1. The first-order valence-electron chi connectivity index (χ1n) is 6.06. The van der Waals surface area contributed by atoms with E-state index in [0.717, 1.165) is 36.4 Å². The van der Waals surface area contributed by atoms with E-state index >= 15 is 0 Å². The highest BCUT2D eigenvalue weighted by atomic mass is 15.3. The van der Waals surface area contributed by atoms with Crippen LogP contribution in [-0.4, -0.2) is 26.7 Å². The Balaban J connectivity index is 1.91. The van der Waals surface area contributed by atoms with Gasteiger partial charge in [0.15, 0.2) is 5.65 Å². The first-order chi connectivity index (χ1) is 8.22. The molecule has 5 nitrogen and oxygen atoms in total. The third-order valence-corrected chi connectivity index (χ3v) is 3.31. The quantitative estimate of drug-likeness (QED) is 0.818. The molecule has 0 unspecified atom stereocenters. The molecule has 1 saturated carbocycles. The van der Waals surface area contributed by atoms with Gasteiger partial charge in [-0.25, -0.2) is 4.98 Å². The smallest absolute Gasteiger partial charge is 0.157 e.